The molecule has 0 radical (unpaired) electrons. The van der Waals surface area contributed by atoms with Gasteiger partial charge in [0, 0.05) is 19.8 Å². The van der Waals surface area contributed by atoms with Crippen LogP contribution in [0, 0.1) is 0 Å². The van der Waals surface area contributed by atoms with Crippen LogP contribution in [-0.2, 0) is 22.8 Å². The molecule has 124 valence electrons. The third-order valence-electron chi connectivity index (χ3n) is 2.44. The van der Waals surface area contributed by atoms with Crippen LogP contribution < -0.4 is 0 Å². The second-order valence-corrected chi connectivity index (χ2v) is 6.06. The van der Waals surface area contributed by atoms with Crippen molar-refractivity contribution in [3.05, 3.63) is 25.7 Å². The lowest BCUT2D eigenvalue weighted by Crippen LogP contribution is -2.46. The van der Waals surface area contributed by atoms with Crippen molar-refractivity contribution in [2.75, 3.05) is 33.0 Å². The van der Waals surface area contributed by atoms with Gasteiger partial charge < -0.3 is 27.5 Å². The van der Waals surface area contributed by atoms with Crippen molar-refractivity contribution in [1.29, 1.82) is 0 Å². The summed E-state index contributed by atoms with van der Waals surface area (Å²) in [6.07, 6.45) is 5.97. The van der Waals surface area contributed by atoms with Crippen LogP contribution in [0.3, 0.4) is 0 Å². The Bertz CT molecular complexity index is 242. The summed E-state index contributed by atoms with van der Waals surface area (Å²) in [7, 11) is -3.51. The fraction of sp³-hybridized carbons (Fsp3) is 0.714. The van der Waals surface area contributed by atoms with Crippen LogP contribution in [0.4, 0.5) is 0 Å². The summed E-state index contributed by atoms with van der Waals surface area (Å²) in [5.74, 6) is 0. The highest BCUT2D eigenvalue weighted by Gasteiger charge is 2.40. The Morgan fingerprint density at radius 3 is 1.62 bits per heavy atom. The Kier molecular flexibility index (Phi) is 13.5. The summed E-state index contributed by atoms with van der Waals surface area (Å²) in [6.45, 7) is 11.0. The number of rotatable bonds is 16. The van der Waals surface area contributed by atoms with E-state index < -0.39 is 9.05 Å². The van der Waals surface area contributed by atoms with Gasteiger partial charge in [-0.25, -0.2) is 0 Å². The molecule has 0 aromatic carbocycles. The van der Waals surface area contributed by atoms with Gasteiger partial charge in [0.2, 0.25) is 0 Å². The standard InChI is InChI=1S/C14H28O6Si/c1-4-16-11-7-9-13-19-21(15,18-6-3)20-14-10-8-12-17-5-2/h4-5,15H,1-2,6-14H2,3H3. The average Bonchev–Trinajstić information content (AvgIpc) is 2.47. The van der Waals surface area contributed by atoms with Gasteiger partial charge in [-0.05, 0) is 32.6 Å². The van der Waals surface area contributed by atoms with E-state index in [0.29, 0.717) is 33.0 Å². The van der Waals surface area contributed by atoms with Gasteiger partial charge in [0.15, 0.2) is 0 Å². The molecular weight excluding hydrogens is 292 g/mol. The Hall–Kier alpha value is -0.863. The molecule has 0 unspecified atom stereocenters. The van der Waals surface area contributed by atoms with Crippen LogP contribution >= 0.6 is 0 Å². The van der Waals surface area contributed by atoms with Gasteiger partial charge in [-0.2, -0.15) is 0 Å². The summed E-state index contributed by atoms with van der Waals surface area (Å²) >= 11 is 0. The SMILES string of the molecule is C=COCCCCO[Si](O)(OCC)OCCCCOC=C. The van der Waals surface area contributed by atoms with Crippen LogP contribution in [-0.4, -0.2) is 46.9 Å². The third kappa shape index (κ3) is 12.6. The first kappa shape index (κ1) is 20.1. The molecule has 0 amide bonds. The zero-order valence-electron chi connectivity index (χ0n) is 12.9. The molecule has 0 aromatic rings. The lowest BCUT2D eigenvalue weighted by atomic mass is 10.3. The molecule has 0 fully saturated rings. The smallest absolute Gasteiger partial charge is 0.502 e. The molecule has 0 saturated heterocycles. The molecule has 0 aromatic heterocycles. The molecule has 21 heavy (non-hydrogen) atoms. The van der Waals surface area contributed by atoms with Gasteiger partial charge >= 0.3 is 9.05 Å². The average molecular weight is 320 g/mol. The quantitative estimate of drug-likeness (QED) is 0.267. The summed E-state index contributed by atoms with van der Waals surface area (Å²) in [6, 6.07) is 0. The molecule has 0 aliphatic carbocycles. The summed E-state index contributed by atoms with van der Waals surface area (Å²) in [5, 5.41) is 0. The van der Waals surface area contributed by atoms with E-state index in [-0.39, 0.29) is 0 Å². The van der Waals surface area contributed by atoms with Crippen molar-refractivity contribution in [3.63, 3.8) is 0 Å². The second kappa shape index (κ2) is 14.1. The topological polar surface area (TPSA) is 66.4 Å². The Labute approximate surface area is 128 Å². The molecule has 1 N–H and O–H groups in total. The maximum atomic E-state index is 10.2. The highest BCUT2D eigenvalue weighted by Crippen LogP contribution is 2.08. The monoisotopic (exact) mass is 320 g/mol. The van der Waals surface area contributed by atoms with Crippen LogP contribution in [0.15, 0.2) is 25.7 Å². The van der Waals surface area contributed by atoms with Gasteiger partial charge in [-0.15, -0.1) is 0 Å². The minimum absolute atomic E-state index is 0.349. The molecule has 0 atom stereocenters. The van der Waals surface area contributed by atoms with Crippen molar-refractivity contribution in [3.8, 4) is 0 Å². The molecule has 0 aliphatic rings. The second-order valence-electron chi connectivity index (χ2n) is 4.14. The predicted molar refractivity (Wildman–Crippen MR) is 82.3 cm³/mol. The molecule has 0 saturated carbocycles. The highest BCUT2D eigenvalue weighted by molar-refractivity contribution is 6.51. The Balaban J connectivity index is 3.77. The number of hydrogen-bond donors (Lipinski definition) is 1. The first-order chi connectivity index (χ1) is 10.2. The van der Waals surface area contributed by atoms with E-state index in [4.69, 9.17) is 22.8 Å². The minimum Gasteiger partial charge on any atom is -0.502 e. The third-order valence-corrected chi connectivity index (χ3v) is 4.24. The fourth-order valence-electron chi connectivity index (χ4n) is 1.45. The van der Waals surface area contributed by atoms with Crippen LogP contribution in [0.5, 0.6) is 0 Å². The maximum absolute atomic E-state index is 10.2. The van der Waals surface area contributed by atoms with Gasteiger partial charge in [0.25, 0.3) is 0 Å². The fourth-order valence-corrected chi connectivity index (χ4v) is 2.87. The zero-order chi connectivity index (χ0) is 15.8. The van der Waals surface area contributed by atoms with E-state index in [1.165, 1.54) is 12.5 Å². The predicted octanol–water partition coefficient (Wildman–Crippen LogP) is 2.36. The minimum atomic E-state index is -3.51. The summed E-state index contributed by atoms with van der Waals surface area (Å²) < 4.78 is 26.0. The maximum Gasteiger partial charge on any atom is 0.676 e. The number of hydrogen-bond acceptors (Lipinski definition) is 6. The summed E-state index contributed by atoms with van der Waals surface area (Å²) in [5.41, 5.74) is 0. The lowest BCUT2D eigenvalue weighted by molar-refractivity contribution is -0.00752. The normalized spacial score (nSPS) is 11.1. The van der Waals surface area contributed by atoms with E-state index in [9.17, 15) is 4.80 Å². The van der Waals surface area contributed by atoms with Crippen LogP contribution in [0.25, 0.3) is 0 Å². The van der Waals surface area contributed by atoms with E-state index in [1.807, 2.05) is 0 Å². The van der Waals surface area contributed by atoms with Gasteiger partial charge in [-0.3, -0.25) is 0 Å². The molecule has 0 aliphatic heterocycles. The molecule has 0 rings (SSSR count). The van der Waals surface area contributed by atoms with Crippen molar-refractivity contribution >= 4 is 9.05 Å². The van der Waals surface area contributed by atoms with E-state index in [1.54, 1.807) is 6.92 Å². The summed E-state index contributed by atoms with van der Waals surface area (Å²) in [4.78, 5) is 10.2. The molecule has 0 spiro atoms. The lowest BCUT2D eigenvalue weighted by Gasteiger charge is -2.22. The van der Waals surface area contributed by atoms with Crippen molar-refractivity contribution < 1.29 is 27.5 Å². The van der Waals surface area contributed by atoms with Crippen molar-refractivity contribution in [2.24, 2.45) is 0 Å². The molecule has 7 heteroatoms. The van der Waals surface area contributed by atoms with Gasteiger partial charge in [-0.1, -0.05) is 13.2 Å². The molecule has 0 bridgehead atoms. The Morgan fingerprint density at radius 2 is 1.24 bits per heavy atom. The largest absolute Gasteiger partial charge is 0.676 e. The highest BCUT2D eigenvalue weighted by atomic mass is 28.4. The van der Waals surface area contributed by atoms with Gasteiger partial charge in [0.1, 0.15) is 0 Å². The van der Waals surface area contributed by atoms with Crippen LogP contribution in [0.2, 0.25) is 0 Å². The van der Waals surface area contributed by atoms with E-state index >= 15 is 0 Å². The Morgan fingerprint density at radius 1 is 0.810 bits per heavy atom. The molecule has 0 heterocycles. The molecular formula is C14H28O6Si. The van der Waals surface area contributed by atoms with E-state index in [0.717, 1.165) is 25.7 Å². The van der Waals surface area contributed by atoms with Crippen molar-refractivity contribution in [2.45, 2.75) is 32.6 Å². The number of ether oxygens (including phenoxy) is 2. The van der Waals surface area contributed by atoms with Crippen LogP contribution in [0.1, 0.15) is 32.6 Å². The first-order valence-electron chi connectivity index (χ1n) is 7.27. The first-order valence-corrected chi connectivity index (χ1v) is 8.95. The zero-order valence-corrected chi connectivity index (χ0v) is 13.9. The van der Waals surface area contributed by atoms with Gasteiger partial charge in [0.05, 0.1) is 25.7 Å². The van der Waals surface area contributed by atoms with E-state index in [2.05, 4.69) is 13.2 Å². The number of unbranched alkanes of at least 4 members (excludes halogenated alkanes) is 2. The van der Waals surface area contributed by atoms with Crippen molar-refractivity contribution in [1.82, 2.24) is 0 Å². The molecule has 6 nitrogen and oxygen atoms in total.